The van der Waals surface area contributed by atoms with Gasteiger partial charge in [0.05, 0.1) is 6.04 Å². The van der Waals surface area contributed by atoms with Gasteiger partial charge in [-0.15, -0.1) is 0 Å². The lowest BCUT2D eigenvalue weighted by Gasteiger charge is -2.18. The predicted octanol–water partition coefficient (Wildman–Crippen LogP) is 1.19. The molecule has 3 aliphatic heterocycles. The van der Waals surface area contributed by atoms with Crippen LogP contribution in [0, 0.1) is 0 Å². The maximum atomic E-state index is 12.0. The SMILES string of the molecule is O=C1c2ccccc2[C@H]2C[C@@H]3CN3N12. The Morgan fingerprint density at radius 2 is 2.14 bits per heavy atom. The molecular weight excluding hydrogens is 176 g/mol. The van der Waals surface area contributed by atoms with E-state index in [4.69, 9.17) is 0 Å². The summed E-state index contributed by atoms with van der Waals surface area (Å²) in [6.07, 6.45) is 1.13. The van der Waals surface area contributed by atoms with Gasteiger partial charge in [-0.1, -0.05) is 18.2 Å². The van der Waals surface area contributed by atoms with E-state index < -0.39 is 0 Å². The summed E-state index contributed by atoms with van der Waals surface area (Å²) >= 11 is 0. The molecule has 1 aromatic carbocycles. The maximum absolute atomic E-state index is 12.0. The average Bonchev–Trinajstić information content (AvgIpc) is 2.79. The van der Waals surface area contributed by atoms with Crippen LogP contribution in [0.5, 0.6) is 0 Å². The van der Waals surface area contributed by atoms with E-state index in [1.165, 1.54) is 5.56 Å². The fourth-order valence-electron chi connectivity index (χ4n) is 2.79. The predicted molar refractivity (Wildman–Crippen MR) is 50.5 cm³/mol. The highest BCUT2D eigenvalue weighted by molar-refractivity contribution is 5.99. The van der Waals surface area contributed by atoms with Crippen LogP contribution in [0.25, 0.3) is 0 Å². The van der Waals surface area contributed by atoms with E-state index in [1.54, 1.807) is 0 Å². The number of hydrazine groups is 1. The van der Waals surface area contributed by atoms with E-state index in [0.717, 1.165) is 18.5 Å². The van der Waals surface area contributed by atoms with E-state index >= 15 is 0 Å². The van der Waals surface area contributed by atoms with Gasteiger partial charge in [0.2, 0.25) is 0 Å². The summed E-state index contributed by atoms with van der Waals surface area (Å²) in [5, 5.41) is 4.14. The van der Waals surface area contributed by atoms with Gasteiger partial charge in [0.25, 0.3) is 5.91 Å². The molecule has 0 spiro atoms. The Morgan fingerprint density at radius 3 is 3.07 bits per heavy atom. The third-order valence-corrected chi connectivity index (χ3v) is 3.51. The Morgan fingerprint density at radius 1 is 1.29 bits per heavy atom. The zero-order valence-corrected chi connectivity index (χ0v) is 7.68. The van der Waals surface area contributed by atoms with Crippen LogP contribution in [0.1, 0.15) is 28.4 Å². The molecule has 0 aromatic heterocycles. The quantitative estimate of drug-likeness (QED) is 0.568. The van der Waals surface area contributed by atoms with E-state index in [0.29, 0.717) is 12.1 Å². The molecule has 1 unspecified atom stereocenters. The van der Waals surface area contributed by atoms with Gasteiger partial charge in [-0.3, -0.25) is 9.80 Å². The number of hydrogen-bond acceptors (Lipinski definition) is 2. The standard InChI is InChI=1S/C11H10N2O/c14-11-9-4-2-1-3-8(9)10-5-7-6-12(7)13(10)11/h1-4,7,10H,5-6H2/t7-,10-,12?/m1/s1. The van der Waals surface area contributed by atoms with Gasteiger partial charge in [0.15, 0.2) is 0 Å². The van der Waals surface area contributed by atoms with Gasteiger partial charge in [-0.25, -0.2) is 5.01 Å². The molecule has 14 heavy (non-hydrogen) atoms. The average molecular weight is 186 g/mol. The minimum atomic E-state index is 0.200. The number of carbonyl (C=O) groups excluding carboxylic acids is 1. The van der Waals surface area contributed by atoms with Crippen molar-refractivity contribution in [2.45, 2.75) is 18.5 Å². The number of hydrogen-bond donors (Lipinski definition) is 0. The van der Waals surface area contributed by atoms with Crippen LogP contribution < -0.4 is 0 Å². The topological polar surface area (TPSA) is 23.3 Å². The van der Waals surface area contributed by atoms with Gasteiger partial charge in [-0.05, 0) is 18.1 Å². The van der Waals surface area contributed by atoms with Crippen LogP contribution in [0.3, 0.4) is 0 Å². The number of fused-ring (bicyclic) bond motifs is 5. The van der Waals surface area contributed by atoms with Crippen molar-refractivity contribution in [3.05, 3.63) is 35.4 Å². The Hall–Kier alpha value is -1.35. The molecule has 3 heterocycles. The highest BCUT2D eigenvalue weighted by Crippen LogP contribution is 2.49. The molecule has 1 amide bonds. The highest BCUT2D eigenvalue weighted by atomic mass is 16.2. The van der Waals surface area contributed by atoms with Gasteiger partial charge < -0.3 is 0 Å². The summed E-state index contributed by atoms with van der Waals surface area (Å²) in [4.78, 5) is 12.0. The van der Waals surface area contributed by atoms with Gasteiger partial charge in [0, 0.05) is 18.2 Å². The molecule has 0 bridgehead atoms. The lowest BCUT2D eigenvalue weighted by Crippen LogP contribution is -2.29. The molecule has 0 saturated carbocycles. The summed E-state index contributed by atoms with van der Waals surface area (Å²) in [6.45, 7) is 1.08. The molecule has 0 radical (unpaired) electrons. The van der Waals surface area contributed by atoms with Crippen LogP contribution in [-0.4, -0.2) is 28.5 Å². The van der Waals surface area contributed by atoms with Crippen LogP contribution in [0.4, 0.5) is 0 Å². The molecule has 3 atom stereocenters. The number of carbonyl (C=O) groups is 1. The van der Waals surface area contributed by atoms with Crippen LogP contribution in [0.15, 0.2) is 24.3 Å². The molecule has 2 fully saturated rings. The van der Waals surface area contributed by atoms with Crippen LogP contribution in [-0.2, 0) is 0 Å². The Kier molecular flexibility index (Phi) is 1.01. The number of nitrogens with zero attached hydrogens (tertiary/aromatic N) is 2. The second-order valence-electron chi connectivity index (χ2n) is 4.26. The summed E-state index contributed by atoms with van der Waals surface area (Å²) in [7, 11) is 0. The molecule has 3 heteroatoms. The summed E-state index contributed by atoms with van der Waals surface area (Å²) in [6, 6.07) is 8.99. The number of benzene rings is 1. The fraction of sp³-hybridized carbons (Fsp3) is 0.364. The summed E-state index contributed by atoms with van der Waals surface area (Å²) in [5.74, 6) is 0.200. The number of rotatable bonds is 0. The van der Waals surface area contributed by atoms with Crippen LogP contribution in [0.2, 0.25) is 0 Å². The lowest BCUT2D eigenvalue weighted by atomic mass is 10.0. The normalized spacial score (nSPS) is 36.7. The van der Waals surface area contributed by atoms with E-state index in [-0.39, 0.29) is 5.91 Å². The van der Waals surface area contributed by atoms with E-state index in [2.05, 4.69) is 11.1 Å². The van der Waals surface area contributed by atoms with Crippen molar-refractivity contribution in [3.8, 4) is 0 Å². The Labute approximate surface area is 81.9 Å². The van der Waals surface area contributed by atoms with Crippen molar-refractivity contribution >= 4 is 5.91 Å². The molecule has 3 aliphatic rings. The van der Waals surface area contributed by atoms with Gasteiger partial charge >= 0.3 is 0 Å². The second-order valence-corrected chi connectivity index (χ2v) is 4.26. The second kappa shape index (κ2) is 2.01. The zero-order chi connectivity index (χ0) is 9.28. The molecular formula is C11H10N2O. The number of amides is 1. The van der Waals surface area contributed by atoms with Crippen molar-refractivity contribution in [2.24, 2.45) is 0 Å². The minimum absolute atomic E-state index is 0.200. The van der Waals surface area contributed by atoms with Gasteiger partial charge in [0.1, 0.15) is 0 Å². The van der Waals surface area contributed by atoms with Crippen molar-refractivity contribution in [1.82, 2.24) is 10.0 Å². The summed E-state index contributed by atoms with van der Waals surface area (Å²) < 4.78 is 0. The van der Waals surface area contributed by atoms with Crippen molar-refractivity contribution in [2.75, 3.05) is 6.54 Å². The molecule has 70 valence electrons. The largest absolute Gasteiger partial charge is 0.269 e. The molecule has 0 aliphatic carbocycles. The van der Waals surface area contributed by atoms with Crippen molar-refractivity contribution < 1.29 is 4.79 Å². The Balaban J connectivity index is 1.92. The third-order valence-electron chi connectivity index (χ3n) is 3.51. The molecule has 1 aromatic rings. The maximum Gasteiger partial charge on any atom is 0.269 e. The van der Waals surface area contributed by atoms with E-state index in [9.17, 15) is 4.79 Å². The molecule has 3 nitrogen and oxygen atoms in total. The minimum Gasteiger partial charge on any atom is -0.268 e. The van der Waals surface area contributed by atoms with Crippen LogP contribution >= 0.6 is 0 Å². The first-order chi connectivity index (χ1) is 6.86. The van der Waals surface area contributed by atoms with E-state index in [1.807, 2.05) is 23.2 Å². The zero-order valence-electron chi connectivity index (χ0n) is 7.68. The Bertz CT molecular complexity index is 443. The molecule has 0 N–H and O–H groups in total. The van der Waals surface area contributed by atoms with Gasteiger partial charge in [-0.2, -0.15) is 0 Å². The monoisotopic (exact) mass is 186 g/mol. The lowest BCUT2D eigenvalue weighted by molar-refractivity contribution is 0.0452. The van der Waals surface area contributed by atoms with Crippen molar-refractivity contribution in [1.29, 1.82) is 0 Å². The fourth-order valence-corrected chi connectivity index (χ4v) is 2.79. The first-order valence-corrected chi connectivity index (χ1v) is 5.05. The summed E-state index contributed by atoms with van der Waals surface area (Å²) in [5.41, 5.74) is 2.13. The molecule has 2 saturated heterocycles. The smallest absolute Gasteiger partial charge is 0.268 e. The highest BCUT2D eigenvalue weighted by Gasteiger charge is 2.56. The first-order valence-electron chi connectivity index (χ1n) is 5.05. The van der Waals surface area contributed by atoms with Crippen molar-refractivity contribution in [3.63, 3.8) is 0 Å². The molecule has 4 rings (SSSR count). The third kappa shape index (κ3) is 0.631. The first kappa shape index (κ1) is 7.01.